The minimum atomic E-state index is 0.571. The molecule has 22 heavy (non-hydrogen) atoms. The number of nitrogens with zero attached hydrogens (tertiary/aromatic N) is 3. The van der Waals surface area contributed by atoms with Crippen LogP contribution in [0.5, 0.6) is 0 Å². The number of benzene rings is 1. The lowest BCUT2D eigenvalue weighted by Gasteiger charge is -2.22. The molecule has 1 fully saturated rings. The highest BCUT2D eigenvalue weighted by atomic mass is 32.2. The molecule has 0 radical (unpaired) electrons. The molecule has 0 amide bonds. The van der Waals surface area contributed by atoms with Crippen molar-refractivity contribution in [1.29, 1.82) is 0 Å². The van der Waals surface area contributed by atoms with Gasteiger partial charge in [-0.3, -0.25) is 4.57 Å². The SMILES string of the molecule is CCCCSc1nnc(C2CCCCC2)n1-c1ccccc1. The average molecular weight is 315 g/mol. The molecule has 1 saturated carbocycles. The van der Waals surface area contributed by atoms with Crippen LogP contribution in [0.1, 0.15) is 63.6 Å². The zero-order chi connectivity index (χ0) is 15.2. The highest BCUT2D eigenvalue weighted by Crippen LogP contribution is 2.34. The summed E-state index contributed by atoms with van der Waals surface area (Å²) in [5.74, 6) is 2.86. The number of hydrogen-bond donors (Lipinski definition) is 0. The third-order valence-corrected chi connectivity index (χ3v) is 5.39. The zero-order valence-corrected chi connectivity index (χ0v) is 14.2. The summed E-state index contributed by atoms with van der Waals surface area (Å²) < 4.78 is 2.30. The molecule has 1 aromatic heterocycles. The molecule has 118 valence electrons. The van der Waals surface area contributed by atoms with Crippen molar-refractivity contribution in [2.24, 2.45) is 0 Å². The standard InChI is InChI=1S/C18H25N3S/c1-2-3-14-22-18-20-19-17(15-10-6-4-7-11-15)21(18)16-12-8-5-9-13-16/h5,8-9,12-13,15H,2-4,6-7,10-11,14H2,1H3. The molecular formula is C18H25N3S. The highest BCUT2D eigenvalue weighted by Gasteiger charge is 2.24. The number of rotatable bonds is 6. The number of thioether (sulfide) groups is 1. The van der Waals surface area contributed by atoms with Crippen LogP contribution in [0.3, 0.4) is 0 Å². The molecule has 4 heteroatoms. The van der Waals surface area contributed by atoms with Gasteiger partial charge in [-0.2, -0.15) is 0 Å². The Morgan fingerprint density at radius 3 is 2.59 bits per heavy atom. The molecule has 0 atom stereocenters. The lowest BCUT2D eigenvalue weighted by Crippen LogP contribution is -2.11. The average Bonchev–Trinajstić information content (AvgIpc) is 3.01. The van der Waals surface area contributed by atoms with Gasteiger partial charge in [-0.25, -0.2) is 0 Å². The fourth-order valence-electron chi connectivity index (χ4n) is 3.13. The molecule has 2 aromatic rings. The summed E-state index contributed by atoms with van der Waals surface area (Å²) in [6.45, 7) is 2.23. The van der Waals surface area contributed by atoms with Crippen LogP contribution in [-0.2, 0) is 0 Å². The van der Waals surface area contributed by atoms with Crippen molar-refractivity contribution in [3.8, 4) is 5.69 Å². The van der Waals surface area contributed by atoms with Crippen LogP contribution >= 0.6 is 11.8 Å². The molecular weight excluding hydrogens is 290 g/mol. The van der Waals surface area contributed by atoms with Crippen LogP contribution < -0.4 is 0 Å². The Hall–Kier alpha value is -1.29. The first-order chi connectivity index (χ1) is 10.9. The predicted molar refractivity (Wildman–Crippen MR) is 92.8 cm³/mol. The molecule has 3 nitrogen and oxygen atoms in total. The van der Waals surface area contributed by atoms with E-state index >= 15 is 0 Å². The maximum atomic E-state index is 4.59. The second kappa shape index (κ2) is 7.82. The summed E-state index contributed by atoms with van der Waals surface area (Å²) in [5, 5.41) is 10.2. The smallest absolute Gasteiger partial charge is 0.195 e. The second-order valence-corrected chi connectivity index (χ2v) is 7.11. The summed E-state index contributed by atoms with van der Waals surface area (Å²) in [5.41, 5.74) is 1.20. The van der Waals surface area contributed by atoms with Crippen LogP contribution in [0.4, 0.5) is 0 Å². The Labute approximate surface area is 137 Å². The zero-order valence-electron chi connectivity index (χ0n) is 13.4. The van der Waals surface area contributed by atoms with Gasteiger partial charge < -0.3 is 0 Å². The van der Waals surface area contributed by atoms with Gasteiger partial charge in [-0.05, 0) is 31.4 Å². The molecule has 0 unspecified atom stereocenters. The molecule has 1 aromatic carbocycles. The first-order valence-corrected chi connectivity index (χ1v) is 9.52. The minimum Gasteiger partial charge on any atom is -0.274 e. The van der Waals surface area contributed by atoms with Crippen LogP contribution in [-0.4, -0.2) is 20.5 Å². The van der Waals surface area contributed by atoms with Gasteiger partial charge in [0.25, 0.3) is 0 Å². The predicted octanol–water partition coefficient (Wildman–Crippen LogP) is 5.21. The van der Waals surface area contributed by atoms with E-state index in [0.717, 1.165) is 10.9 Å². The third kappa shape index (κ3) is 3.54. The van der Waals surface area contributed by atoms with E-state index in [1.54, 1.807) is 0 Å². The topological polar surface area (TPSA) is 30.7 Å². The van der Waals surface area contributed by atoms with E-state index in [2.05, 4.69) is 52.0 Å². The molecule has 0 spiro atoms. The molecule has 1 heterocycles. The van der Waals surface area contributed by atoms with Crippen molar-refractivity contribution in [1.82, 2.24) is 14.8 Å². The lowest BCUT2D eigenvalue weighted by molar-refractivity contribution is 0.423. The van der Waals surface area contributed by atoms with E-state index in [1.165, 1.54) is 56.5 Å². The van der Waals surface area contributed by atoms with Crippen LogP contribution in [0.15, 0.2) is 35.5 Å². The van der Waals surface area contributed by atoms with Gasteiger partial charge >= 0.3 is 0 Å². The van der Waals surface area contributed by atoms with Gasteiger partial charge in [0.15, 0.2) is 5.16 Å². The van der Waals surface area contributed by atoms with E-state index in [4.69, 9.17) is 0 Å². The van der Waals surface area contributed by atoms with Gasteiger partial charge in [0.2, 0.25) is 0 Å². The van der Waals surface area contributed by atoms with E-state index in [9.17, 15) is 0 Å². The largest absolute Gasteiger partial charge is 0.274 e. The summed E-state index contributed by atoms with van der Waals surface area (Å²) in [7, 11) is 0. The maximum Gasteiger partial charge on any atom is 0.195 e. The summed E-state index contributed by atoms with van der Waals surface area (Å²) >= 11 is 1.84. The van der Waals surface area contributed by atoms with Crippen molar-refractivity contribution in [3.05, 3.63) is 36.2 Å². The van der Waals surface area contributed by atoms with Gasteiger partial charge in [-0.15, -0.1) is 10.2 Å². The van der Waals surface area contributed by atoms with Crippen LogP contribution in [0.25, 0.3) is 5.69 Å². The summed E-state index contributed by atoms with van der Waals surface area (Å²) in [4.78, 5) is 0. The van der Waals surface area contributed by atoms with Gasteiger partial charge in [0.1, 0.15) is 5.82 Å². The molecule has 0 bridgehead atoms. The molecule has 0 aliphatic heterocycles. The van der Waals surface area contributed by atoms with E-state index in [0.29, 0.717) is 5.92 Å². The first-order valence-electron chi connectivity index (χ1n) is 8.53. The van der Waals surface area contributed by atoms with Crippen molar-refractivity contribution in [2.45, 2.75) is 62.9 Å². The molecule has 1 aliphatic rings. The van der Waals surface area contributed by atoms with Crippen molar-refractivity contribution < 1.29 is 0 Å². The monoisotopic (exact) mass is 315 g/mol. The first kappa shape index (κ1) is 15.6. The molecule has 0 N–H and O–H groups in total. The summed E-state index contributed by atoms with van der Waals surface area (Å²) in [6, 6.07) is 10.6. The molecule has 3 rings (SSSR count). The Bertz CT molecular complexity index is 573. The van der Waals surface area contributed by atoms with E-state index in [1.807, 2.05) is 11.8 Å². The van der Waals surface area contributed by atoms with Crippen molar-refractivity contribution in [3.63, 3.8) is 0 Å². The second-order valence-electron chi connectivity index (χ2n) is 6.05. The number of unbranched alkanes of at least 4 members (excludes halogenated alkanes) is 1. The highest BCUT2D eigenvalue weighted by molar-refractivity contribution is 7.99. The van der Waals surface area contributed by atoms with Crippen LogP contribution in [0.2, 0.25) is 0 Å². The number of aromatic nitrogens is 3. The third-order valence-electron chi connectivity index (χ3n) is 4.37. The Balaban J connectivity index is 1.91. The summed E-state index contributed by atoms with van der Waals surface area (Å²) in [6.07, 6.45) is 8.98. The van der Waals surface area contributed by atoms with Crippen molar-refractivity contribution in [2.75, 3.05) is 5.75 Å². The Kier molecular flexibility index (Phi) is 5.54. The Morgan fingerprint density at radius 2 is 1.86 bits per heavy atom. The maximum absolute atomic E-state index is 4.59. The number of para-hydroxylation sites is 1. The van der Waals surface area contributed by atoms with E-state index < -0.39 is 0 Å². The molecule has 1 aliphatic carbocycles. The molecule has 0 saturated heterocycles. The van der Waals surface area contributed by atoms with Crippen LogP contribution in [0, 0.1) is 0 Å². The van der Waals surface area contributed by atoms with Gasteiger partial charge in [0, 0.05) is 17.4 Å². The minimum absolute atomic E-state index is 0.571. The fraction of sp³-hybridized carbons (Fsp3) is 0.556. The Morgan fingerprint density at radius 1 is 1.09 bits per heavy atom. The number of hydrogen-bond acceptors (Lipinski definition) is 3. The lowest BCUT2D eigenvalue weighted by atomic mass is 9.88. The normalized spacial score (nSPS) is 16.0. The van der Waals surface area contributed by atoms with Gasteiger partial charge in [0.05, 0.1) is 0 Å². The quantitative estimate of drug-likeness (QED) is 0.542. The fourth-order valence-corrected chi connectivity index (χ4v) is 4.17. The van der Waals surface area contributed by atoms with E-state index in [-0.39, 0.29) is 0 Å². The van der Waals surface area contributed by atoms with Gasteiger partial charge in [-0.1, -0.05) is 62.6 Å². The van der Waals surface area contributed by atoms with Crippen molar-refractivity contribution >= 4 is 11.8 Å².